The van der Waals surface area contributed by atoms with Gasteiger partial charge in [-0.1, -0.05) is 0 Å². The van der Waals surface area contributed by atoms with Gasteiger partial charge in [0.15, 0.2) is 5.78 Å². The van der Waals surface area contributed by atoms with Crippen molar-refractivity contribution in [3.63, 3.8) is 0 Å². The molecule has 1 heterocycles. The van der Waals surface area contributed by atoms with Gasteiger partial charge in [-0.05, 0) is 13.0 Å². The van der Waals surface area contributed by atoms with E-state index in [2.05, 4.69) is 4.99 Å². The summed E-state index contributed by atoms with van der Waals surface area (Å²) in [5, 5.41) is 10.5. The van der Waals surface area contributed by atoms with Crippen LogP contribution < -0.4 is 0 Å². The van der Waals surface area contributed by atoms with Crippen LogP contribution in [0.25, 0.3) is 0 Å². The predicted octanol–water partition coefficient (Wildman–Crippen LogP) is 2.27. The first kappa shape index (κ1) is 9.51. The van der Waals surface area contributed by atoms with Gasteiger partial charge < -0.3 is 0 Å². The van der Waals surface area contributed by atoms with E-state index in [1.54, 1.807) is 6.92 Å². The van der Waals surface area contributed by atoms with Crippen LogP contribution in [-0.4, -0.2) is 16.4 Å². The lowest BCUT2D eigenvalue weighted by Crippen LogP contribution is -2.10. The number of rotatable bonds is 1. The Morgan fingerprint density at radius 3 is 2.87 bits per heavy atom. The summed E-state index contributed by atoms with van der Waals surface area (Å²) in [7, 11) is 0. The van der Waals surface area contributed by atoms with E-state index in [4.69, 9.17) is 0 Å². The maximum Gasteiger partial charge on any atom is 0.270 e. The van der Waals surface area contributed by atoms with Crippen LogP contribution in [0.4, 0.5) is 11.4 Å². The van der Waals surface area contributed by atoms with Crippen molar-refractivity contribution in [3.05, 3.63) is 33.9 Å². The Kier molecular flexibility index (Phi) is 2.07. The number of fused-ring (bicyclic) bond motifs is 1. The molecule has 0 N–H and O–H groups in total. The highest BCUT2D eigenvalue weighted by molar-refractivity contribution is 6.15. The topological polar surface area (TPSA) is 72.6 Å². The second kappa shape index (κ2) is 3.27. The van der Waals surface area contributed by atoms with Crippen LogP contribution in [0.1, 0.15) is 23.7 Å². The van der Waals surface area contributed by atoms with E-state index >= 15 is 0 Å². The van der Waals surface area contributed by atoms with E-state index in [1.165, 1.54) is 18.2 Å². The maximum absolute atomic E-state index is 11.6. The van der Waals surface area contributed by atoms with Gasteiger partial charge in [-0.15, -0.1) is 0 Å². The third-order valence-corrected chi connectivity index (χ3v) is 2.22. The van der Waals surface area contributed by atoms with Crippen LogP contribution in [0, 0.1) is 10.1 Å². The minimum absolute atomic E-state index is 0.0724. The molecule has 0 saturated heterocycles. The highest BCUT2D eigenvalue weighted by atomic mass is 16.6. The molecule has 1 aliphatic heterocycles. The SMILES string of the molecule is CC1=Nc2ccc([N+](=O)[O-])cc2C(=O)C1. The van der Waals surface area contributed by atoms with E-state index in [-0.39, 0.29) is 17.9 Å². The molecule has 0 amide bonds. The third-order valence-electron chi connectivity index (χ3n) is 2.22. The summed E-state index contributed by atoms with van der Waals surface area (Å²) >= 11 is 0. The highest BCUT2D eigenvalue weighted by Gasteiger charge is 2.20. The number of nitrogens with zero attached hydrogens (tertiary/aromatic N) is 2. The normalized spacial score (nSPS) is 14.5. The average Bonchev–Trinajstić information content (AvgIpc) is 2.16. The van der Waals surface area contributed by atoms with Crippen molar-refractivity contribution in [1.82, 2.24) is 0 Å². The molecular formula is C10H8N2O3. The number of nitro groups is 1. The molecule has 0 aromatic heterocycles. The van der Waals surface area contributed by atoms with E-state index in [1.807, 2.05) is 0 Å². The summed E-state index contributed by atoms with van der Waals surface area (Å²) in [6.07, 6.45) is 0.244. The summed E-state index contributed by atoms with van der Waals surface area (Å²) in [4.78, 5) is 25.7. The Balaban J connectivity index is 2.58. The van der Waals surface area contributed by atoms with Crippen LogP contribution in [0.5, 0.6) is 0 Å². The fourth-order valence-electron chi connectivity index (χ4n) is 1.53. The summed E-state index contributed by atoms with van der Waals surface area (Å²) in [5.41, 5.74) is 1.53. The molecule has 0 spiro atoms. The van der Waals surface area contributed by atoms with Gasteiger partial charge in [-0.2, -0.15) is 0 Å². The second-order valence-corrected chi connectivity index (χ2v) is 3.41. The zero-order valence-electron chi connectivity index (χ0n) is 8.06. The van der Waals surface area contributed by atoms with E-state index in [0.29, 0.717) is 11.3 Å². The van der Waals surface area contributed by atoms with E-state index < -0.39 is 4.92 Å². The number of benzene rings is 1. The maximum atomic E-state index is 11.6. The summed E-state index contributed by atoms with van der Waals surface area (Å²) < 4.78 is 0. The van der Waals surface area contributed by atoms with Gasteiger partial charge in [-0.25, -0.2) is 0 Å². The summed E-state index contributed by atoms with van der Waals surface area (Å²) in [6, 6.07) is 4.15. The molecule has 0 aliphatic carbocycles. The number of Topliss-reactive ketones (excluding diaryl/α,β-unsaturated/α-hetero) is 1. The number of aliphatic imine (C=N–C) groups is 1. The average molecular weight is 204 g/mol. The van der Waals surface area contributed by atoms with Crippen molar-refractivity contribution in [2.24, 2.45) is 4.99 Å². The molecule has 15 heavy (non-hydrogen) atoms. The number of nitro benzene ring substituents is 1. The van der Waals surface area contributed by atoms with Crippen molar-refractivity contribution >= 4 is 22.9 Å². The van der Waals surface area contributed by atoms with Crippen molar-refractivity contribution in [2.45, 2.75) is 13.3 Å². The number of hydrogen-bond donors (Lipinski definition) is 0. The number of ketones is 1. The minimum Gasteiger partial charge on any atom is -0.294 e. The molecule has 1 aromatic rings. The zero-order chi connectivity index (χ0) is 11.0. The lowest BCUT2D eigenvalue weighted by molar-refractivity contribution is -0.384. The number of non-ortho nitro benzene ring substituents is 1. The van der Waals surface area contributed by atoms with Gasteiger partial charge >= 0.3 is 0 Å². The minimum atomic E-state index is -0.515. The van der Waals surface area contributed by atoms with Gasteiger partial charge in [0.05, 0.1) is 16.2 Å². The molecule has 0 atom stereocenters. The Hall–Kier alpha value is -2.04. The van der Waals surface area contributed by atoms with Crippen molar-refractivity contribution in [1.29, 1.82) is 0 Å². The lowest BCUT2D eigenvalue weighted by Gasteiger charge is -2.11. The van der Waals surface area contributed by atoms with Gasteiger partial charge in [0.1, 0.15) is 0 Å². The molecule has 5 heteroatoms. The summed E-state index contributed by atoms with van der Waals surface area (Å²) in [5.74, 6) is -0.110. The molecule has 2 rings (SSSR count). The summed E-state index contributed by atoms with van der Waals surface area (Å²) in [6.45, 7) is 1.77. The molecular weight excluding hydrogens is 196 g/mol. The zero-order valence-corrected chi connectivity index (χ0v) is 8.06. The van der Waals surface area contributed by atoms with Crippen LogP contribution in [-0.2, 0) is 0 Å². The fourth-order valence-corrected chi connectivity index (χ4v) is 1.53. The first-order chi connectivity index (χ1) is 7.08. The molecule has 0 bridgehead atoms. The Labute approximate surface area is 85.6 Å². The van der Waals surface area contributed by atoms with E-state index in [9.17, 15) is 14.9 Å². The van der Waals surface area contributed by atoms with Crippen molar-refractivity contribution in [3.8, 4) is 0 Å². The van der Waals surface area contributed by atoms with Gasteiger partial charge in [0.25, 0.3) is 5.69 Å². The van der Waals surface area contributed by atoms with Crippen LogP contribution in [0.3, 0.4) is 0 Å². The van der Waals surface area contributed by atoms with Crippen LogP contribution in [0.2, 0.25) is 0 Å². The first-order valence-electron chi connectivity index (χ1n) is 4.44. The standard InChI is InChI=1S/C10H8N2O3/c1-6-4-10(13)8-5-7(12(14)15)2-3-9(8)11-6/h2-3,5H,4H2,1H3. The Bertz CT molecular complexity index is 491. The van der Waals surface area contributed by atoms with Gasteiger partial charge in [0.2, 0.25) is 0 Å². The van der Waals surface area contributed by atoms with Gasteiger partial charge in [0, 0.05) is 24.3 Å². The van der Waals surface area contributed by atoms with Crippen LogP contribution >= 0.6 is 0 Å². The number of carbonyl (C=O) groups excluding carboxylic acids is 1. The molecule has 1 aromatic carbocycles. The third kappa shape index (κ3) is 1.63. The molecule has 1 aliphatic rings. The Morgan fingerprint density at radius 1 is 1.47 bits per heavy atom. The lowest BCUT2D eigenvalue weighted by atomic mass is 10.0. The van der Waals surface area contributed by atoms with Gasteiger partial charge in [-0.3, -0.25) is 19.9 Å². The Morgan fingerprint density at radius 2 is 2.20 bits per heavy atom. The van der Waals surface area contributed by atoms with Crippen molar-refractivity contribution < 1.29 is 9.72 Å². The molecule has 5 nitrogen and oxygen atoms in total. The smallest absolute Gasteiger partial charge is 0.270 e. The largest absolute Gasteiger partial charge is 0.294 e. The van der Waals surface area contributed by atoms with Crippen molar-refractivity contribution in [2.75, 3.05) is 0 Å². The quantitative estimate of drug-likeness (QED) is 0.520. The predicted molar refractivity (Wildman–Crippen MR) is 54.8 cm³/mol. The number of carbonyl (C=O) groups is 1. The molecule has 0 unspecified atom stereocenters. The number of hydrogen-bond acceptors (Lipinski definition) is 4. The molecule has 0 radical (unpaired) electrons. The molecule has 0 saturated carbocycles. The monoisotopic (exact) mass is 204 g/mol. The molecule has 0 fully saturated rings. The van der Waals surface area contributed by atoms with Crippen LogP contribution in [0.15, 0.2) is 23.2 Å². The second-order valence-electron chi connectivity index (χ2n) is 3.41. The molecule has 76 valence electrons. The highest BCUT2D eigenvalue weighted by Crippen LogP contribution is 2.29. The van der Waals surface area contributed by atoms with E-state index in [0.717, 1.165) is 5.71 Å². The fraction of sp³-hybridized carbons (Fsp3) is 0.200. The first-order valence-corrected chi connectivity index (χ1v) is 4.44.